The van der Waals surface area contributed by atoms with Crippen LogP contribution in [0.2, 0.25) is 0 Å². The molecule has 3 aromatic heterocycles. The molecule has 266 valence electrons. The third-order valence-corrected chi connectivity index (χ3v) is 9.42. The Labute approximate surface area is 300 Å². The van der Waals surface area contributed by atoms with Gasteiger partial charge in [0.1, 0.15) is 34.5 Å². The molecule has 6 aromatic rings. The molecule has 1 amide bonds. The summed E-state index contributed by atoms with van der Waals surface area (Å²) in [6.07, 6.45) is 6.95. The minimum atomic E-state index is -0.893. The first-order chi connectivity index (χ1) is 25.4. The number of carbonyl (C=O) groups excluding carboxylic acids is 1. The molecule has 1 saturated heterocycles. The van der Waals surface area contributed by atoms with Crippen LogP contribution in [-0.2, 0) is 0 Å². The fourth-order valence-electron chi connectivity index (χ4n) is 6.82. The minimum absolute atomic E-state index is 0.0674. The molecule has 0 atom stereocenters. The molecule has 0 radical (unpaired) electrons. The number of pyridine rings is 1. The second-order valence-electron chi connectivity index (χ2n) is 12.7. The van der Waals surface area contributed by atoms with E-state index in [1.54, 1.807) is 37.6 Å². The molecule has 0 bridgehead atoms. The van der Waals surface area contributed by atoms with E-state index in [1.165, 1.54) is 25.2 Å². The number of anilines is 3. The van der Waals surface area contributed by atoms with Crippen LogP contribution in [-0.4, -0.2) is 64.0 Å². The van der Waals surface area contributed by atoms with E-state index < -0.39 is 23.2 Å². The molecule has 1 fully saturated rings. The number of imidazole rings is 1. The fourth-order valence-corrected chi connectivity index (χ4v) is 6.82. The first-order valence-electron chi connectivity index (χ1n) is 17.3. The van der Waals surface area contributed by atoms with Gasteiger partial charge >= 0.3 is 0 Å². The molecule has 0 unspecified atom stereocenters. The molecule has 0 spiro atoms. The van der Waals surface area contributed by atoms with Crippen LogP contribution >= 0.6 is 0 Å². The molecule has 0 aliphatic carbocycles. The van der Waals surface area contributed by atoms with Crippen LogP contribution in [0.5, 0.6) is 11.5 Å². The number of amides is 1. The van der Waals surface area contributed by atoms with E-state index in [4.69, 9.17) is 19.4 Å². The Balaban J connectivity index is 1.21. The van der Waals surface area contributed by atoms with Crippen molar-refractivity contribution >= 4 is 28.9 Å². The number of nitrogens with zero attached hydrogens (tertiary/aromatic N) is 5. The number of piperidine rings is 1. The van der Waals surface area contributed by atoms with Crippen molar-refractivity contribution in [2.24, 2.45) is 0 Å². The second-order valence-corrected chi connectivity index (χ2v) is 12.7. The zero-order valence-corrected chi connectivity index (χ0v) is 29.2. The number of halogens is 2. The summed E-state index contributed by atoms with van der Waals surface area (Å²) >= 11 is 0. The van der Waals surface area contributed by atoms with E-state index in [0.29, 0.717) is 45.9 Å². The SMILES string of the molecule is CCCN1CCC(c2ccc(Nc3nccc(-c4c(-c5ccc(OC)c(C(=O)Nc6c(F)cccc6F)c5)nc5ccccn45)n3)c(OC)c2)CC1. The Morgan fingerprint density at radius 2 is 1.69 bits per heavy atom. The number of nitrogens with one attached hydrogen (secondary N) is 2. The van der Waals surface area contributed by atoms with Gasteiger partial charge in [-0.3, -0.25) is 9.20 Å². The molecule has 10 nitrogen and oxygen atoms in total. The number of likely N-dealkylation sites (tertiary alicyclic amines) is 1. The van der Waals surface area contributed by atoms with Crippen molar-refractivity contribution in [3.05, 3.63) is 114 Å². The highest BCUT2D eigenvalue weighted by Gasteiger charge is 2.24. The van der Waals surface area contributed by atoms with Crippen LogP contribution in [0, 0.1) is 11.6 Å². The summed E-state index contributed by atoms with van der Waals surface area (Å²) in [7, 11) is 3.08. The molecule has 52 heavy (non-hydrogen) atoms. The van der Waals surface area contributed by atoms with Crippen LogP contribution in [0.1, 0.15) is 48.0 Å². The van der Waals surface area contributed by atoms with E-state index in [-0.39, 0.29) is 11.3 Å². The van der Waals surface area contributed by atoms with E-state index in [0.717, 1.165) is 50.3 Å². The van der Waals surface area contributed by atoms with Gasteiger partial charge in [0.15, 0.2) is 0 Å². The predicted molar refractivity (Wildman–Crippen MR) is 197 cm³/mol. The van der Waals surface area contributed by atoms with E-state index in [2.05, 4.69) is 39.6 Å². The van der Waals surface area contributed by atoms with Crippen LogP contribution in [0.4, 0.5) is 26.1 Å². The zero-order valence-electron chi connectivity index (χ0n) is 29.2. The summed E-state index contributed by atoms with van der Waals surface area (Å²) in [5.74, 6) is -0.768. The van der Waals surface area contributed by atoms with Gasteiger partial charge in [-0.05, 0) is 111 Å². The third kappa shape index (κ3) is 7.02. The van der Waals surface area contributed by atoms with Gasteiger partial charge in [0, 0.05) is 18.0 Å². The van der Waals surface area contributed by atoms with Gasteiger partial charge in [0.05, 0.1) is 42.6 Å². The monoisotopic (exact) mass is 703 g/mol. The minimum Gasteiger partial charge on any atom is -0.496 e. The first-order valence-corrected chi connectivity index (χ1v) is 17.3. The maximum absolute atomic E-state index is 14.4. The molecule has 1 aliphatic heterocycles. The third-order valence-electron chi connectivity index (χ3n) is 9.42. The average molecular weight is 704 g/mol. The summed E-state index contributed by atoms with van der Waals surface area (Å²) in [5.41, 5.74) is 4.46. The molecule has 1 aliphatic rings. The Kier molecular flexibility index (Phi) is 10.1. The second kappa shape index (κ2) is 15.2. The largest absolute Gasteiger partial charge is 0.496 e. The van der Waals surface area contributed by atoms with Crippen LogP contribution < -0.4 is 20.1 Å². The summed E-state index contributed by atoms with van der Waals surface area (Å²) in [4.78, 5) is 30.3. The van der Waals surface area contributed by atoms with E-state index >= 15 is 0 Å². The Morgan fingerprint density at radius 3 is 2.44 bits per heavy atom. The number of rotatable bonds is 11. The maximum Gasteiger partial charge on any atom is 0.259 e. The summed E-state index contributed by atoms with van der Waals surface area (Å²) in [5, 5.41) is 5.70. The van der Waals surface area contributed by atoms with Gasteiger partial charge in [-0.2, -0.15) is 0 Å². The number of carbonyl (C=O) groups is 1. The lowest BCUT2D eigenvalue weighted by Gasteiger charge is -2.32. The first kappa shape index (κ1) is 34.6. The van der Waals surface area contributed by atoms with Crippen molar-refractivity contribution in [1.29, 1.82) is 0 Å². The standard InChI is InChI=1S/C40H39F2N7O3/c1-4-19-48-21-16-25(17-22-48)26-11-13-31(34(24-26)52-3)44-40-43-18-15-32(45-40)38-36(46-35-10-5-6-20-49(35)38)27-12-14-33(51-2)28(23-27)39(50)47-37-29(41)8-7-9-30(37)42/h5-15,18,20,23-25H,4,16-17,19,21-22H2,1-3H3,(H,47,50)(H,43,44,45). The molecule has 2 N–H and O–H groups in total. The lowest BCUT2D eigenvalue weighted by Crippen LogP contribution is -2.33. The van der Waals surface area contributed by atoms with Gasteiger partial charge in [0.2, 0.25) is 5.95 Å². The van der Waals surface area contributed by atoms with Gasteiger partial charge in [-0.15, -0.1) is 0 Å². The van der Waals surface area contributed by atoms with Gasteiger partial charge in [-0.25, -0.2) is 23.7 Å². The summed E-state index contributed by atoms with van der Waals surface area (Å²) < 4.78 is 42.0. The van der Waals surface area contributed by atoms with Crippen molar-refractivity contribution in [1.82, 2.24) is 24.3 Å². The lowest BCUT2D eigenvalue weighted by atomic mass is 9.89. The number of fused-ring (bicyclic) bond motifs is 1. The Hall–Kier alpha value is -5.88. The Morgan fingerprint density at radius 1 is 0.904 bits per heavy atom. The van der Waals surface area contributed by atoms with Gasteiger partial charge < -0.3 is 25.0 Å². The van der Waals surface area contributed by atoms with Crippen molar-refractivity contribution in [2.45, 2.75) is 32.1 Å². The average Bonchev–Trinajstić information content (AvgIpc) is 3.56. The quantitative estimate of drug-likeness (QED) is 0.139. The normalized spacial score (nSPS) is 13.6. The summed E-state index contributed by atoms with van der Waals surface area (Å²) in [6.45, 7) is 5.57. The van der Waals surface area contributed by atoms with Crippen molar-refractivity contribution in [3.8, 4) is 34.1 Å². The van der Waals surface area contributed by atoms with Crippen LogP contribution in [0.15, 0.2) is 91.3 Å². The van der Waals surface area contributed by atoms with Gasteiger partial charge in [0.25, 0.3) is 5.91 Å². The molecular formula is C40H39F2N7O3. The summed E-state index contributed by atoms with van der Waals surface area (Å²) in [6, 6.07) is 22.0. The van der Waals surface area contributed by atoms with Crippen molar-refractivity contribution in [2.75, 3.05) is 44.5 Å². The van der Waals surface area contributed by atoms with Gasteiger partial charge in [-0.1, -0.05) is 25.1 Å². The number of hydrogen-bond acceptors (Lipinski definition) is 8. The van der Waals surface area contributed by atoms with Crippen LogP contribution in [0.3, 0.4) is 0 Å². The van der Waals surface area contributed by atoms with Crippen molar-refractivity contribution in [3.63, 3.8) is 0 Å². The molecule has 7 rings (SSSR count). The molecule has 4 heterocycles. The highest BCUT2D eigenvalue weighted by Crippen LogP contribution is 2.37. The topological polar surface area (TPSA) is 106 Å². The van der Waals surface area contributed by atoms with E-state index in [9.17, 15) is 13.6 Å². The zero-order chi connectivity index (χ0) is 36.2. The predicted octanol–water partition coefficient (Wildman–Crippen LogP) is 8.34. The lowest BCUT2D eigenvalue weighted by molar-refractivity contribution is 0.102. The Bertz CT molecular complexity index is 2210. The number of para-hydroxylation sites is 1. The fraction of sp³-hybridized carbons (Fsp3) is 0.250. The molecule has 12 heteroatoms. The van der Waals surface area contributed by atoms with E-state index in [1.807, 2.05) is 34.9 Å². The maximum atomic E-state index is 14.4. The smallest absolute Gasteiger partial charge is 0.259 e. The molecular weight excluding hydrogens is 664 g/mol. The number of benzene rings is 3. The van der Waals surface area contributed by atoms with Crippen LogP contribution in [0.25, 0.3) is 28.3 Å². The number of methoxy groups -OCH3 is 2. The number of hydrogen-bond donors (Lipinski definition) is 2. The molecule has 0 saturated carbocycles. The number of aromatic nitrogens is 4. The highest BCUT2D eigenvalue weighted by molar-refractivity contribution is 6.07. The van der Waals surface area contributed by atoms with Crippen molar-refractivity contribution < 1.29 is 23.0 Å². The molecule has 3 aromatic carbocycles. The number of ether oxygens (including phenoxy) is 2. The highest BCUT2D eigenvalue weighted by atomic mass is 19.1.